The van der Waals surface area contributed by atoms with Crippen molar-refractivity contribution >= 4 is 16.7 Å². The molecule has 31 heavy (non-hydrogen) atoms. The average molecular weight is 424 g/mol. The van der Waals surface area contributed by atoms with Crippen molar-refractivity contribution in [2.24, 2.45) is 0 Å². The fourth-order valence-corrected chi connectivity index (χ4v) is 4.24. The fraction of sp³-hybridized carbons (Fsp3) is 0.320. The number of piperazine rings is 1. The zero-order valence-electron chi connectivity index (χ0n) is 17.9. The van der Waals surface area contributed by atoms with E-state index >= 15 is 0 Å². The summed E-state index contributed by atoms with van der Waals surface area (Å²) in [5.41, 5.74) is 1.68. The number of halogens is 2. The molecule has 1 saturated heterocycles. The van der Waals surface area contributed by atoms with Crippen molar-refractivity contribution in [3.63, 3.8) is 0 Å². The van der Waals surface area contributed by atoms with Gasteiger partial charge in [0.05, 0.1) is 0 Å². The lowest BCUT2D eigenvalue weighted by Gasteiger charge is -2.38. The zero-order valence-corrected chi connectivity index (χ0v) is 17.9. The first-order valence-electron chi connectivity index (χ1n) is 10.5. The molecule has 0 N–H and O–H groups in total. The van der Waals surface area contributed by atoms with Crippen LogP contribution in [0.15, 0.2) is 60.7 Å². The number of fused-ring (bicyclic) bond motifs is 1. The zero-order chi connectivity index (χ0) is 22.0. The highest BCUT2D eigenvalue weighted by Gasteiger charge is 2.32. The molecule has 0 bridgehead atoms. The fourth-order valence-electron chi connectivity index (χ4n) is 4.24. The highest BCUT2D eigenvalue weighted by Crippen LogP contribution is 2.27. The van der Waals surface area contributed by atoms with Crippen LogP contribution in [0.4, 0.5) is 8.78 Å². The van der Waals surface area contributed by atoms with E-state index in [1.54, 1.807) is 36.2 Å². The van der Waals surface area contributed by atoms with Crippen molar-refractivity contribution in [1.82, 2.24) is 14.7 Å². The van der Waals surface area contributed by atoms with E-state index in [1.165, 1.54) is 18.2 Å². The van der Waals surface area contributed by atoms with Crippen LogP contribution in [0.2, 0.25) is 0 Å². The molecule has 1 heterocycles. The van der Waals surface area contributed by atoms with Gasteiger partial charge in [-0.25, -0.2) is 8.78 Å². The lowest BCUT2D eigenvalue weighted by Crippen LogP contribution is -2.50. The van der Waals surface area contributed by atoms with Crippen molar-refractivity contribution in [3.05, 3.63) is 83.4 Å². The first-order chi connectivity index (χ1) is 14.9. The summed E-state index contributed by atoms with van der Waals surface area (Å²) in [6.07, 6.45) is 0. The van der Waals surface area contributed by atoms with Gasteiger partial charge in [0.15, 0.2) is 0 Å². The minimum atomic E-state index is -0.481. The number of benzene rings is 3. The summed E-state index contributed by atoms with van der Waals surface area (Å²) >= 11 is 0. The standard InChI is InChI=1S/C25H27F2N3O/c1-28-13-15-30(16-14-28)24(18-7-10-20(26)11-8-18)25(31)29(2)17-19-9-12-23(27)22-6-4-3-5-21(19)22/h3-12,24H,13-17H2,1-2H3. The lowest BCUT2D eigenvalue weighted by atomic mass is 10.0. The van der Waals surface area contributed by atoms with Gasteiger partial charge in [0.25, 0.3) is 0 Å². The van der Waals surface area contributed by atoms with Crippen LogP contribution in [-0.2, 0) is 11.3 Å². The van der Waals surface area contributed by atoms with Gasteiger partial charge in [-0.2, -0.15) is 0 Å². The Kier molecular flexibility index (Phi) is 6.30. The molecular weight excluding hydrogens is 396 g/mol. The van der Waals surface area contributed by atoms with E-state index in [9.17, 15) is 13.6 Å². The minimum absolute atomic E-state index is 0.0513. The SMILES string of the molecule is CN1CCN(C(C(=O)N(C)Cc2ccc(F)c3ccccc23)c2ccc(F)cc2)CC1. The van der Waals surface area contributed by atoms with Crippen LogP contribution in [0.1, 0.15) is 17.2 Å². The number of amides is 1. The number of hydrogen-bond acceptors (Lipinski definition) is 3. The lowest BCUT2D eigenvalue weighted by molar-refractivity contribution is -0.137. The van der Waals surface area contributed by atoms with Crippen molar-refractivity contribution in [2.75, 3.05) is 40.3 Å². The molecule has 1 atom stereocenters. The summed E-state index contributed by atoms with van der Waals surface area (Å²) in [5.74, 6) is -0.640. The summed E-state index contributed by atoms with van der Waals surface area (Å²) in [6, 6.07) is 16.2. The molecule has 0 aromatic heterocycles. The normalized spacial score (nSPS) is 16.4. The van der Waals surface area contributed by atoms with Crippen LogP contribution in [-0.4, -0.2) is 60.9 Å². The molecule has 0 spiro atoms. The van der Waals surface area contributed by atoms with E-state index in [4.69, 9.17) is 0 Å². The van der Waals surface area contributed by atoms with Crippen LogP contribution in [0.25, 0.3) is 10.8 Å². The number of likely N-dealkylation sites (N-methyl/N-ethyl adjacent to an activating group) is 2. The predicted octanol–water partition coefficient (Wildman–Crippen LogP) is 4.07. The molecule has 1 amide bonds. The van der Waals surface area contributed by atoms with Gasteiger partial charge < -0.3 is 9.80 Å². The van der Waals surface area contributed by atoms with Gasteiger partial charge >= 0.3 is 0 Å². The molecule has 3 aromatic carbocycles. The molecular formula is C25H27F2N3O. The molecule has 0 radical (unpaired) electrons. The van der Waals surface area contributed by atoms with Crippen molar-refractivity contribution in [2.45, 2.75) is 12.6 Å². The Labute approximate surface area is 181 Å². The Bertz CT molecular complexity index is 1060. The molecule has 0 aliphatic carbocycles. The van der Waals surface area contributed by atoms with Crippen LogP contribution in [0.5, 0.6) is 0 Å². The van der Waals surface area contributed by atoms with E-state index in [0.717, 1.165) is 42.7 Å². The van der Waals surface area contributed by atoms with Crippen molar-refractivity contribution in [1.29, 1.82) is 0 Å². The Balaban J connectivity index is 1.62. The Morgan fingerprint density at radius 3 is 2.26 bits per heavy atom. The first-order valence-corrected chi connectivity index (χ1v) is 10.5. The summed E-state index contributed by atoms with van der Waals surface area (Å²) in [7, 11) is 3.84. The second-order valence-electron chi connectivity index (χ2n) is 8.24. The molecule has 162 valence electrons. The quantitative estimate of drug-likeness (QED) is 0.619. The first kappa shape index (κ1) is 21.4. The summed E-state index contributed by atoms with van der Waals surface area (Å²) in [5, 5.41) is 1.36. The topological polar surface area (TPSA) is 26.8 Å². The maximum atomic E-state index is 14.2. The van der Waals surface area contributed by atoms with Gasteiger partial charge in [-0.15, -0.1) is 0 Å². The smallest absolute Gasteiger partial charge is 0.244 e. The molecule has 0 saturated carbocycles. The van der Waals surface area contributed by atoms with E-state index in [-0.39, 0.29) is 17.5 Å². The molecule has 1 aliphatic heterocycles. The molecule has 4 rings (SSSR count). The minimum Gasteiger partial charge on any atom is -0.340 e. The second-order valence-corrected chi connectivity index (χ2v) is 8.24. The van der Waals surface area contributed by atoms with Crippen LogP contribution < -0.4 is 0 Å². The largest absolute Gasteiger partial charge is 0.340 e. The summed E-state index contributed by atoms with van der Waals surface area (Å²) in [6.45, 7) is 3.63. The van der Waals surface area contributed by atoms with Crippen LogP contribution >= 0.6 is 0 Å². The van der Waals surface area contributed by atoms with E-state index in [2.05, 4.69) is 16.8 Å². The number of rotatable bonds is 5. The highest BCUT2D eigenvalue weighted by atomic mass is 19.1. The molecule has 1 fully saturated rings. The molecule has 3 aromatic rings. The Morgan fingerprint density at radius 1 is 0.935 bits per heavy atom. The van der Waals surface area contributed by atoms with Gasteiger partial charge in [-0.3, -0.25) is 9.69 Å². The third kappa shape index (κ3) is 4.60. The van der Waals surface area contributed by atoms with Gasteiger partial charge in [0, 0.05) is 45.2 Å². The monoisotopic (exact) mass is 423 g/mol. The van der Waals surface area contributed by atoms with Crippen LogP contribution in [0, 0.1) is 11.6 Å². The molecule has 6 heteroatoms. The predicted molar refractivity (Wildman–Crippen MR) is 119 cm³/mol. The number of carbonyl (C=O) groups is 1. The maximum Gasteiger partial charge on any atom is 0.244 e. The molecule has 4 nitrogen and oxygen atoms in total. The maximum absolute atomic E-state index is 14.2. The van der Waals surface area contributed by atoms with Crippen LogP contribution in [0.3, 0.4) is 0 Å². The molecule has 1 unspecified atom stereocenters. The summed E-state index contributed by atoms with van der Waals surface area (Å²) < 4.78 is 27.7. The highest BCUT2D eigenvalue weighted by molar-refractivity contribution is 5.87. The second kappa shape index (κ2) is 9.12. The Morgan fingerprint density at radius 2 is 1.58 bits per heavy atom. The van der Waals surface area contributed by atoms with Crippen molar-refractivity contribution in [3.8, 4) is 0 Å². The third-order valence-electron chi connectivity index (χ3n) is 6.07. The van der Waals surface area contributed by atoms with Crippen molar-refractivity contribution < 1.29 is 13.6 Å². The number of hydrogen-bond donors (Lipinski definition) is 0. The Hall–Kier alpha value is -2.83. The van der Waals surface area contributed by atoms with Gasteiger partial charge in [-0.1, -0.05) is 42.5 Å². The summed E-state index contributed by atoms with van der Waals surface area (Å²) in [4.78, 5) is 19.7. The van der Waals surface area contributed by atoms with E-state index in [1.807, 2.05) is 18.2 Å². The van der Waals surface area contributed by atoms with Gasteiger partial charge in [-0.05, 0) is 41.8 Å². The van der Waals surface area contributed by atoms with E-state index < -0.39 is 6.04 Å². The van der Waals surface area contributed by atoms with E-state index in [0.29, 0.717) is 11.9 Å². The molecule has 1 aliphatic rings. The average Bonchev–Trinajstić information content (AvgIpc) is 2.78. The number of nitrogens with zero attached hydrogens (tertiary/aromatic N) is 3. The third-order valence-corrected chi connectivity index (χ3v) is 6.07. The van der Waals surface area contributed by atoms with Gasteiger partial charge in [0.2, 0.25) is 5.91 Å². The number of carbonyl (C=O) groups excluding carboxylic acids is 1. The van der Waals surface area contributed by atoms with Gasteiger partial charge in [0.1, 0.15) is 17.7 Å².